The lowest BCUT2D eigenvalue weighted by Gasteiger charge is -2.41. The minimum absolute atomic E-state index is 0.0430. The summed E-state index contributed by atoms with van der Waals surface area (Å²) >= 11 is 0. The summed E-state index contributed by atoms with van der Waals surface area (Å²) in [5, 5.41) is 7.36. The Morgan fingerprint density at radius 2 is 2.18 bits per heavy atom. The molecule has 1 aromatic rings. The minimum atomic E-state index is -0.135. The largest absolute Gasteiger partial charge is 0.310 e. The third kappa shape index (κ3) is 3.67. The van der Waals surface area contributed by atoms with Gasteiger partial charge in [0.1, 0.15) is 5.82 Å². The van der Waals surface area contributed by atoms with E-state index in [-0.39, 0.29) is 18.0 Å². The summed E-state index contributed by atoms with van der Waals surface area (Å²) in [6, 6.07) is 2.40. The van der Waals surface area contributed by atoms with Crippen LogP contribution in [0.1, 0.15) is 40.2 Å². The van der Waals surface area contributed by atoms with Crippen LogP contribution in [0.15, 0.2) is 12.3 Å². The van der Waals surface area contributed by atoms with Crippen molar-refractivity contribution < 1.29 is 4.79 Å². The van der Waals surface area contributed by atoms with Crippen molar-refractivity contribution in [1.29, 1.82) is 0 Å². The number of aromatic nitrogens is 2. The molecule has 0 unspecified atom stereocenters. The van der Waals surface area contributed by atoms with Gasteiger partial charge in [0, 0.05) is 31.7 Å². The molecule has 1 aliphatic rings. The maximum atomic E-state index is 12.6. The third-order valence-corrected chi connectivity index (χ3v) is 4.69. The van der Waals surface area contributed by atoms with Crippen LogP contribution < -0.4 is 5.32 Å². The molecule has 0 spiro atoms. The Bertz CT molecular complexity index is 500. The molecule has 1 aromatic heterocycles. The molecule has 0 bridgehead atoms. The Hall–Kier alpha value is -1.40. The van der Waals surface area contributed by atoms with Gasteiger partial charge in [0.2, 0.25) is 5.91 Å². The summed E-state index contributed by atoms with van der Waals surface area (Å²) in [4.78, 5) is 17.2. The van der Waals surface area contributed by atoms with Gasteiger partial charge >= 0.3 is 0 Å². The van der Waals surface area contributed by atoms with E-state index in [1.807, 2.05) is 17.7 Å². The standard InChI is InChI=1S/C16H29N5O/c1-6-12(2)21-15(7-8-17-21)18-16(22)14(4)20-10-9-19(5)11-13(20)3/h7-8,12-14H,6,9-11H2,1-5H3,(H,18,22)/t12-,13-,14-/m0/s1. The first-order chi connectivity index (χ1) is 10.4. The number of nitrogens with one attached hydrogen (secondary N) is 1. The Kier molecular flexibility index (Phi) is 5.58. The topological polar surface area (TPSA) is 53.4 Å². The van der Waals surface area contributed by atoms with Gasteiger partial charge in [-0.15, -0.1) is 0 Å². The van der Waals surface area contributed by atoms with Gasteiger partial charge in [-0.25, -0.2) is 4.68 Å². The first kappa shape index (κ1) is 17.0. The van der Waals surface area contributed by atoms with Crippen LogP contribution in [0.25, 0.3) is 0 Å². The van der Waals surface area contributed by atoms with Crippen molar-refractivity contribution in [2.75, 3.05) is 32.0 Å². The molecular weight excluding hydrogens is 278 g/mol. The number of carbonyl (C=O) groups is 1. The number of rotatable bonds is 5. The fourth-order valence-corrected chi connectivity index (χ4v) is 3.05. The fourth-order valence-electron chi connectivity index (χ4n) is 3.05. The monoisotopic (exact) mass is 307 g/mol. The lowest BCUT2D eigenvalue weighted by atomic mass is 10.1. The van der Waals surface area contributed by atoms with Gasteiger partial charge in [0.25, 0.3) is 0 Å². The highest BCUT2D eigenvalue weighted by atomic mass is 16.2. The second-order valence-electron chi connectivity index (χ2n) is 6.43. The number of hydrogen-bond acceptors (Lipinski definition) is 4. The van der Waals surface area contributed by atoms with Gasteiger partial charge < -0.3 is 10.2 Å². The van der Waals surface area contributed by atoms with Crippen LogP contribution in [0.2, 0.25) is 0 Å². The third-order valence-electron chi connectivity index (χ3n) is 4.69. The fraction of sp³-hybridized carbons (Fsp3) is 0.750. The summed E-state index contributed by atoms with van der Waals surface area (Å²) in [7, 11) is 2.13. The molecule has 1 aliphatic heterocycles. The van der Waals surface area contributed by atoms with Crippen molar-refractivity contribution in [3.8, 4) is 0 Å². The molecular formula is C16H29N5O. The van der Waals surface area contributed by atoms with Crippen molar-refractivity contribution in [2.24, 2.45) is 0 Å². The van der Waals surface area contributed by atoms with Crippen LogP contribution in [0.5, 0.6) is 0 Å². The van der Waals surface area contributed by atoms with E-state index in [9.17, 15) is 4.79 Å². The second-order valence-corrected chi connectivity index (χ2v) is 6.43. The summed E-state index contributed by atoms with van der Waals surface area (Å²) < 4.78 is 1.89. The zero-order valence-corrected chi connectivity index (χ0v) is 14.4. The van der Waals surface area contributed by atoms with Crippen LogP contribution in [-0.4, -0.2) is 64.3 Å². The molecule has 3 atom stereocenters. The van der Waals surface area contributed by atoms with E-state index >= 15 is 0 Å². The van der Waals surface area contributed by atoms with Crippen LogP contribution >= 0.6 is 0 Å². The molecule has 0 saturated carbocycles. The smallest absolute Gasteiger partial charge is 0.242 e. The van der Waals surface area contributed by atoms with E-state index in [4.69, 9.17) is 0 Å². The van der Waals surface area contributed by atoms with E-state index in [0.29, 0.717) is 6.04 Å². The van der Waals surface area contributed by atoms with Crippen LogP contribution in [-0.2, 0) is 4.79 Å². The Morgan fingerprint density at radius 1 is 1.45 bits per heavy atom. The number of hydrogen-bond donors (Lipinski definition) is 1. The molecule has 0 radical (unpaired) electrons. The molecule has 2 heterocycles. The zero-order chi connectivity index (χ0) is 16.3. The Labute approximate surface area is 133 Å². The van der Waals surface area contributed by atoms with Gasteiger partial charge in [0.05, 0.1) is 18.3 Å². The number of likely N-dealkylation sites (N-methyl/N-ethyl adjacent to an activating group) is 1. The van der Waals surface area contributed by atoms with Crippen LogP contribution in [0.3, 0.4) is 0 Å². The van der Waals surface area contributed by atoms with E-state index in [0.717, 1.165) is 31.9 Å². The Morgan fingerprint density at radius 3 is 2.82 bits per heavy atom. The molecule has 6 heteroatoms. The van der Waals surface area contributed by atoms with E-state index < -0.39 is 0 Å². The Balaban J connectivity index is 2.01. The molecule has 1 amide bonds. The first-order valence-corrected chi connectivity index (χ1v) is 8.22. The van der Waals surface area contributed by atoms with Crippen molar-refractivity contribution in [1.82, 2.24) is 19.6 Å². The molecule has 0 aromatic carbocycles. The number of amides is 1. The predicted octanol–water partition coefficient (Wildman–Crippen LogP) is 1.82. The van der Waals surface area contributed by atoms with Gasteiger partial charge in [0.15, 0.2) is 0 Å². The highest BCUT2D eigenvalue weighted by molar-refractivity contribution is 5.93. The highest BCUT2D eigenvalue weighted by Crippen LogP contribution is 2.18. The molecule has 2 rings (SSSR count). The second kappa shape index (κ2) is 7.24. The van der Waals surface area contributed by atoms with E-state index in [1.165, 1.54) is 0 Å². The molecule has 6 nitrogen and oxygen atoms in total. The molecule has 1 N–H and O–H groups in total. The SMILES string of the molecule is CC[C@H](C)n1nccc1NC(=O)[C@H](C)N1CCN(C)C[C@@H]1C. The van der Waals surface area contributed by atoms with E-state index in [1.54, 1.807) is 6.20 Å². The molecule has 124 valence electrons. The average molecular weight is 307 g/mol. The van der Waals surface area contributed by atoms with Crippen molar-refractivity contribution in [3.05, 3.63) is 12.3 Å². The summed E-state index contributed by atoms with van der Waals surface area (Å²) in [5.74, 6) is 0.828. The van der Waals surface area contributed by atoms with Crippen LogP contribution in [0.4, 0.5) is 5.82 Å². The lowest BCUT2D eigenvalue weighted by molar-refractivity contribution is -0.122. The lowest BCUT2D eigenvalue weighted by Crippen LogP contribution is -2.56. The molecule has 1 saturated heterocycles. The zero-order valence-electron chi connectivity index (χ0n) is 14.4. The van der Waals surface area contributed by atoms with E-state index in [2.05, 4.69) is 48.0 Å². The normalized spacial score (nSPS) is 23.2. The highest BCUT2D eigenvalue weighted by Gasteiger charge is 2.29. The number of anilines is 1. The van der Waals surface area contributed by atoms with Crippen LogP contribution in [0, 0.1) is 0 Å². The number of carbonyl (C=O) groups excluding carboxylic acids is 1. The van der Waals surface area contributed by atoms with Gasteiger partial charge in [-0.05, 0) is 34.2 Å². The molecule has 22 heavy (non-hydrogen) atoms. The molecule has 0 aliphatic carbocycles. The quantitative estimate of drug-likeness (QED) is 0.901. The number of piperazine rings is 1. The molecule has 1 fully saturated rings. The summed E-state index contributed by atoms with van der Waals surface area (Å²) in [6.07, 6.45) is 2.72. The van der Waals surface area contributed by atoms with Crippen molar-refractivity contribution >= 4 is 11.7 Å². The van der Waals surface area contributed by atoms with Crippen molar-refractivity contribution in [2.45, 2.75) is 52.2 Å². The predicted molar refractivity (Wildman–Crippen MR) is 89.0 cm³/mol. The maximum Gasteiger partial charge on any atom is 0.242 e. The minimum Gasteiger partial charge on any atom is -0.310 e. The summed E-state index contributed by atoms with van der Waals surface area (Å²) in [6.45, 7) is 11.3. The van der Waals surface area contributed by atoms with Gasteiger partial charge in [-0.2, -0.15) is 5.10 Å². The van der Waals surface area contributed by atoms with Crippen molar-refractivity contribution in [3.63, 3.8) is 0 Å². The van der Waals surface area contributed by atoms with Gasteiger partial charge in [-0.3, -0.25) is 9.69 Å². The maximum absolute atomic E-state index is 12.6. The summed E-state index contributed by atoms with van der Waals surface area (Å²) in [5.41, 5.74) is 0. The van der Waals surface area contributed by atoms with Gasteiger partial charge in [-0.1, -0.05) is 6.92 Å². The average Bonchev–Trinajstić information content (AvgIpc) is 2.94. The first-order valence-electron chi connectivity index (χ1n) is 8.22. The number of nitrogens with zero attached hydrogens (tertiary/aromatic N) is 4.